The molecule has 1 spiro atoms. The van der Waals surface area contributed by atoms with E-state index >= 15 is 0 Å². The number of hydrogen-bond donors (Lipinski definition) is 10. The fourth-order valence-electron chi connectivity index (χ4n) is 16.1. The average Bonchev–Trinajstić information content (AvgIpc) is 2.45. The van der Waals surface area contributed by atoms with Gasteiger partial charge in [0.05, 0.1) is 49.5 Å². The molecule has 444 valence electrons. The molecule has 9 rings (SSSR count). The Morgan fingerprint density at radius 2 is 1.41 bits per heavy atom. The fourth-order valence-corrected chi connectivity index (χ4v) is 16.1. The molecule has 0 aromatic rings. The Labute approximate surface area is 455 Å². The van der Waals surface area contributed by atoms with Crippen molar-refractivity contribution in [2.75, 3.05) is 26.9 Å². The number of ether oxygens (including phenoxy) is 11. The first-order chi connectivity index (χ1) is 36.6. The first kappa shape index (κ1) is 60.3. The van der Waals surface area contributed by atoms with Gasteiger partial charge >= 0.3 is 11.9 Å². The van der Waals surface area contributed by atoms with Crippen molar-refractivity contribution >= 4 is 11.9 Å². The zero-order valence-electron chi connectivity index (χ0n) is 46.2. The van der Waals surface area contributed by atoms with E-state index in [1.54, 1.807) is 6.92 Å². The van der Waals surface area contributed by atoms with Crippen molar-refractivity contribution < 1.29 is 113 Å². The van der Waals surface area contributed by atoms with Crippen LogP contribution in [-0.4, -0.2) is 224 Å². The molecule has 0 bridgehead atoms. The summed E-state index contributed by atoms with van der Waals surface area (Å²) in [5.74, 6) is -1.04. The molecule has 4 aliphatic carbocycles. The zero-order chi connectivity index (χ0) is 56.9. The van der Waals surface area contributed by atoms with E-state index in [0.29, 0.717) is 56.9 Å². The van der Waals surface area contributed by atoms with Gasteiger partial charge in [-0.3, -0.25) is 9.59 Å². The van der Waals surface area contributed by atoms with E-state index in [4.69, 9.17) is 52.1 Å². The first-order valence-corrected chi connectivity index (χ1v) is 27.8. The summed E-state index contributed by atoms with van der Waals surface area (Å²) in [6, 6.07) is 0. The summed E-state index contributed by atoms with van der Waals surface area (Å²) in [5, 5.41) is 110. The molecule has 5 saturated heterocycles. The normalized spacial score (nSPS) is 51.2. The van der Waals surface area contributed by atoms with Gasteiger partial charge in [0.15, 0.2) is 25.2 Å². The number of methoxy groups -OCH3 is 1. The predicted molar refractivity (Wildman–Crippen MR) is 267 cm³/mol. The van der Waals surface area contributed by atoms with Crippen LogP contribution in [0.4, 0.5) is 0 Å². The number of cyclic esters (lactones) is 1. The molecule has 3 saturated carbocycles. The van der Waals surface area contributed by atoms with Crippen LogP contribution in [0.15, 0.2) is 23.8 Å². The lowest BCUT2D eigenvalue weighted by Gasteiger charge is -2.63. The summed E-state index contributed by atoms with van der Waals surface area (Å²) in [6.45, 7) is 17.8. The van der Waals surface area contributed by atoms with Crippen molar-refractivity contribution in [3.63, 3.8) is 0 Å². The molecule has 23 heteroatoms. The van der Waals surface area contributed by atoms with Crippen molar-refractivity contribution in [3.05, 3.63) is 23.8 Å². The zero-order valence-corrected chi connectivity index (χ0v) is 46.2. The Bertz CT molecular complexity index is 2210. The molecule has 0 amide bonds. The standard InChI is InChI=1S/C55H86O23/c1-23(2)28(58)14-17-54(9)45-31(72-25(4)57)19-53(8)27-11-12-33-51(5,6)34(15-16-52(33,7)26(27)13-18-55(45,53)50(67)78-54)74-49-44(35(61)29(59)21-70-49)77-47-38(64)37(63)41(24(3)71-47)75-48-40(66)43(36(62)32(20-56)73-48)76-46-39(65)42(68-10)30(60)22-69-46/h11,24,26,28-49,56,58-66H,1,12-22H2,2-10H3/t24-,26-,28+,29-,30-,31+,32-,33+,34+,35+,36-,37-,38-,39-,40-,41-,42+,43+,44-,45-,46+,47+,48+,49+,52-,53+,54+,55-/m1/s1. The third-order valence-electron chi connectivity index (χ3n) is 20.2. The second-order valence-electron chi connectivity index (χ2n) is 25.2. The van der Waals surface area contributed by atoms with Crippen LogP contribution in [0.1, 0.15) is 107 Å². The van der Waals surface area contributed by atoms with Gasteiger partial charge in [-0.05, 0) is 94.8 Å². The van der Waals surface area contributed by atoms with E-state index in [1.807, 2.05) is 6.92 Å². The van der Waals surface area contributed by atoms with E-state index in [9.17, 15) is 60.7 Å². The lowest BCUT2D eigenvalue weighted by molar-refractivity contribution is -0.387. The smallest absolute Gasteiger partial charge is 0.314 e. The third-order valence-corrected chi connectivity index (χ3v) is 20.2. The van der Waals surface area contributed by atoms with Gasteiger partial charge in [0, 0.05) is 19.4 Å². The van der Waals surface area contributed by atoms with E-state index in [2.05, 4.69) is 40.3 Å². The highest BCUT2D eigenvalue weighted by Gasteiger charge is 2.79. The SMILES string of the molecule is C=C(C)[C@@H](O)CC[C@]1(C)OC(=O)[C@]23CC[C@@H]4C(=CC[C@H]5C(C)(C)[C@@H](O[C@@H]6OC[C@@H](O)[C@H](O)[C@H]6O[C@@H]6O[C@H](C)[C@@H](O[C@@H]7O[C@H](CO)[C@@H](O)[C@H](O[C@@H]8OC[C@@H](O)[C@H](OC)[C@H]8O)[C@H]7O)[C@H](O)[C@H]6O)CC[C@]45C)[C@]2(C)C[C@H](OC(C)=O)[C@@H]31. The molecule has 5 aliphatic heterocycles. The molecule has 28 atom stereocenters. The number of rotatable bonds is 15. The Kier molecular flexibility index (Phi) is 17.3. The number of esters is 2. The van der Waals surface area contributed by atoms with Crippen LogP contribution in [0.25, 0.3) is 0 Å². The van der Waals surface area contributed by atoms with Crippen LogP contribution in [-0.2, 0) is 61.7 Å². The quantitative estimate of drug-likeness (QED) is 0.0748. The number of hydrogen-bond acceptors (Lipinski definition) is 23. The number of aliphatic hydroxyl groups excluding tert-OH is 10. The molecule has 0 aromatic carbocycles. The van der Waals surface area contributed by atoms with Gasteiger partial charge in [-0.25, -0.2) is 0 Å². The summed E-state index contributed by atoms with van der Waals surface area (Å²) in [7, 11) is 1.26. The van der Waals surface area contributed by atoms with Gasteiger partial charge in [-0.1, -0.05) is 51.5 Å². The largest absolute Gasteiger partial charge is 0.462 e. The van der Waals surface area contributed by atoms with Crippen LogP contribution in [0.3, 0.4) is 0 Å². The molecular formula is C55H86O23. The molecule has 8 fully saturated rings. The van der Waals surface area contributed by atoms with E-state index in [0.717, 1.165) is 0 Å². The summed E-state index contributed by atoms with van der Waals surface area (Å²) in [6.07, 6.45) is -22.6. The van der Waals surface area contributed by atoms with E-state index < -0.39 is 169 Å². The highest BCUT2D eigenvalue weighted by atomic mass is 16.8. The Morgan fingerprint density at radius 3 is 2.08 bits per heavy atom. The van der Waals surface area contributed by atoms with Crippen molar-refractivity contribution in [1.29, 1.82) is 0 Å². The maximum absolute atomic E-state index is 14.6. The lowest BCUT2D eigenvalue weighted by atomic mass is 9.41. The minimum Gasteiger partial charge on any atom is -0.462 e. The van der Waals surface area contributed by atoms with Crippen molar-refractivity contribution in [2.24, 2.45) is 39.4 Å². The monoisotopic (exact) mass is 1110 g/mol. The van der Waals surface area contributed by atoms with Crippen LogP contribution in [0.5, 0.6) is 0 Å². The van der Waals surface area contributed by atoms with Gasteiger partial charge in [0.1, 0.15) is 91.1 Å². The average molecular weight is 1120 g/mol. The summed E-state index contributed by atoms with van der Waals surface area (Å²) in [5.41, 5.74) is -1.65. The number of fused-ring (bicyclic) bond motifs is 4. The van der Waals surface area contributed by atoms with Crippen LogP contribution < -0.4 is 0 Å². The Morgan fingerprint density at radius 1 is 0.769 bits per heavy atom. The van der Waals surface area contributed by atoms with Crippen molar-refractivity contribution in [3.8, 4) is 0 Å². The second kappa shape index (κ2) is 22.3. The minimum atomic E-state index is -1.88. The van der Waals surface area contributed by atoms with Gasteiger partial charge in [0.25, 0.3) is 0 Å². The highest BCUT2D eigenvalue weighted by molar-refractivity contribution is 5.84. The molecular weight excluding hydrogens is 1030 g/mol. The fraction of sp³-hybridized carbons (Fsp3) is 0.891. The number of aliphatic hydroxyl groups is 10. The van der Waals surface area contributed by atoms with Crippen LogP contribution in [0, 0.1) is 39.4 Å². The number of carbonyl (C=O) groups excluding carboxylic acids is 2. The summed E-state index contributed by atoms with van der Waals surface area (Å²) >= 11 is 0. The predicted octanol–water partition coefficient (Wildman–Crippen LogP) is -0.236. The lowest BCUT2D eigenvalue weighted by Crippen LogP contribution is -2.66. The highest BCUT2D eigenvalue weighted by Crippen LogP contribution is 2.77. The second-order valence-corrected chi connectivity index (χ2v) is 25.2. The maximum Gasteiger partial charge on any atom is 0.314 e. The van der Waals surface area contributed by atoms with E-state index in [1.165, 1.54) is 26.5 Å². The maximum atomic E-state index is 14.6. The molecule has 10 N–H and O–H groups in total. The molecule has 0 aromatic heterocycles. The number of carbonyl (C=O) groups is 2. The molecule has 78 heavy (non-hydrogen) atoms. The van der Waals surface area contributed by atoms with Crippen molar-refractivity contribution in [2.45, 2.75) is 241 Å². The molecule has 23 nitrogen and oxygen atoms in total. The van der Waals surface area contributed by atoms with Crippen molar-refractivity contribution in [1.82, 2.24) is 0 Å². The number of allylic oxidation sites excluding steroid dienone is 2. The Balaban J connectivity index is 0.887. The van der Waals surface area contributed by atoms with E-state index in [-0.39, 0.29) is 36.4 Å². The van der Waals surface area contributed by atoms with Crippen LogP contribution in [0.2, 0.25) is 0 Å². The third kappa shape index (κ3) is 9.95. The van der Waals surface area contributed by atoms with Crippen LogP contribution >= 0.6 is 0 Å². The van der Waals surface area contributed by atoms with Gasteiger partial charge in [-0.15, -0.1) is 0 Å². The molecule has 5 heterocycles. The summed E-state index contributed by atoms with van der Waals surface area (Å²) in [4.78, 5) is 27.4. The van der Waals surface area contributed by atoms with Gasteiger partial charge in [-0.2, -0.15) is 0 Å². The molecule has 0 unspecified atom stereocenters. The van der Waals surface area contributed by atoms with Gasteiger partial charge < -0.3 is 103 Å². The topological polar surface area (TPSA) is 338 Å². The first-order valence-electron chi connectivity index (χ1n) is 27.8. The Hall–Kier alpha value is -2.34. The minimum absolute atomic E-state index is 0.0459. The van der Waals surface area contributed by atoms with Gasteiger partial charge in [0.2, 0.25) is 0 Å². The summed E-state index contributed by atoms with van der Waals surface area (Å²) < 4.78 is 65.9. The molecule has 0 radical (unpaired) electrons. The molecule has 9 aliphatic rings.